The third-order valence-corrected chi connectivity index (χ3v) is 5.17. The van der Waals surface area contributed by atoms with E-state index in [2.05, 4.69) is 17.0 Å². The zero-order valence-corrected chi connectivity index (χ0v) is 17.2. The highest BCUT2D eigenvalue weighted by molar-refractivity contribution is 5.80. The molecular weight excluding hydrogens is 405 g/mol. The fourth-order valence-corrected chi connectivity index (χ4v) is 3.65. The minimum Gasteiger partial charge on any atom is -0.497 e. The molecule has 168 valence electrons. The van der Waals surface area contributed by atoms with Crippen LogP contribution in [-0.2, 0) is 20.9 Å². The number of benzene rings is 1. The van der Waals surface area contributed by atoms with Crippen LogP contribution < -0.4 is 4.74 Å². The lowest BCUT2D eigenvalue weighted by Gasteiger charge is -2.36. The molecule has 2 saturated heterocycles. The molecule has 1 aromatic rings. The van der Waals surface area contributed by atoms with Crippen LogP contribution in [0.3, 0.4) is 0 Å². The van der Waals surface area contributed by atoms with E-state index in [1.165, 1.54) is 5.56 Å². The van der Waals surface area contributed by atoms with Crippen molar-refractivity contribution in [3.05, 3.63) is 29.8 Å². The standard InChI is InChI=1S/C18H26N2O3.C2HF3O2/c1-19(2)18(21)17-9-8-15-16(23-17)10-11-20(15)12-13-4-6-14(22-3)7-5-13;3-2(4,5)1(6)7/h4-7,15-17H,8-12H2,1-3H3;(H,6,7)/t15-,16-,17-;/m1./s1. The van der Waals surface area contributed by atoms with E-state index in [-0.39, 0.29) is 18.1 Å². The number of carbonyl (C=O) groups is 2. The van der Waals surface area contributed by atoms with Crippen LogP contribution in [0.4, 0.5) is 13.2 Å². The van der Waals surface area contributed by atoms with E-state index in [1.807, 2.05) is 12.1 Å². The molecule has 0 aromatic heterocycles. The van der Waals surface area contributed by atoms with E-state index < -0.39 is 12.1 Å². The summed E-state index contributed by atoms with van der Waals surface area (Å²) in [6, 6.07) is 8.68. The van der Waals surface area contributed by atoms with Crippen LogP contribution in [-0.4, -0.2) is 79.0 Å². The molecule has 2 fully saturated rings. The van der Waals surface area contributed by atoms with Crippen LogP contribution >= 0.6 is 0 Å². The molecule has 2 heterocycles. The zero-order chi connectivity index (χ0) is 22.5. The van der Waals surface area contributed by atoms with Gasteiger partial charge < -0.3 is 19.5 Å². The van der Waals surface area contributed by atoms with Crippen molar-refractivity contribution in [2.45, 2.75) is 50.2 Å². The van der Waals surface area contributed by atoms with Crippen molar-refractivity contribution in [3.8, 4) is 5.75 Å². The summed E-state index contributed by atoms with van der Waals surface area (Å²) >= 11 is 0. The zero-order valence-electron chi connectivity index (χ0n) is 17.2. The highest BCUT2D eigenvalue weighted by Gasteiger charge is 2.42. The number of fused-ring (bicyclic) bond motifs is 1. The number of alkyl halides is 3. The lowest BCUT2D eigenvalue weighted by atomic mass is 9.98. The SMILES string of the molecule is COc1ccc(CN2CC[C@H]3O[C@@H](C(=O)N(C)C)CC[C@H]32)cc1.O=C(O)C(F)(F)F. The molecule has 0 aliphatic carbocycles. The molecule has 3 atom stereocenters. The molecule has 1 amide bonds. The van der Waals surface area contributed by atoms with Gasteiger partial charge in [0, 0.05) is 33.2 Å². The average molecular weight is 432 g/mol. The Hall–Kier alpha value is -2.33. The number of rotatable bonds is 4. The normalized spacial score (nSPS) is 23.7. The number of ether oxygens (including phenoxy) is 2. The lowest BCUT2D eigenvalue weighted by Crippen LogP contribution is -2.47. The van der Waals surface area contributed by atoms with Gasteiger partial charge in [0.1, 0.15) is 11.9 Å². The molecule has 0 radical (unpaired) electrons. The molecule has 2 aliphatic heterocycles. The molecule has 7 nitrogen and oxygen atoms in total. The number of halogens is 3. The van der Waals surface area contributed by atoms with Crippen molar-refractivity contribution in [3.63, 3.8) is 0 Å². The summed E-state index contributed by atoms with van der Waals surface area (Å²) in [7, 11) is 5.27. The van der Waals surface area contributed by atoms with E-state index in [0.717, 1.165) is 38.1 Å². The van der Waals surface area contributed by atoms with Crippen LogP contribution in [0.2, 0.25) is 0 Å². The van der Waals surface area contributed by atoms with Gasteiger partial charge in [-0.05, 0) is 37.0 Å². The van der Waals surface area contributed by atoms with E-state index >= 15 is 0 Å². The summed E-state index contributed by atoms with van der Waals surface area (Å²) in [5.41, 5.74) is 1.29. The molecular formula is C20H27F3N2O5. The fourth-order valence-electron chi connectivity index (χ4n) is 3.65. The molecule has 0 spiro atoms. The molecule has 10 heteroatoms. The van der Waals surface area contributed by atoms with Crippen LogP contribution in [0.15, 0.2) is 24.3 Å². The Morgan fingerprint density at radius 2 is 1.80 bits per heavy atom. The van der Waals surface area contributed by atoms with Gasteiger partial charge in [-0.2, -0.15) is 13.2 Å². The number of methoxy groups -OCH3 is 1. The summed E-state index contributed by atoms with van der Waals surface area (Å²) in [5.74, 6) is -1.77. The van der Waals surface area contributed by atoms with Crippen LogP contribution in [0.25, 0.3) is 0 Å². The maximum atomic E-state index is 12.1. The quantitative estimate of drug-likeness (QED) is 0.788. The molecule has 1 N–H and O–H groups in total. The minimum absolute atomic E-state index is 0.0945. The summed E-state index contributed by atoms with van der Waals surface area (Å²) in [4.78, 5) is 25.1. The summed E-state index contributed by atoms with van der Waals surface area (Å²) in [6.07, 6.45) is -2.29. The van der Waals surface area contributed by atoms with Gasteiger partial charge in [-0.25, -0.2) is 4.79 Å². The second-order valence-corrected chi connectivity index (χ2v) is 7.45. The summed E-state index contributed by atoms with van der Waals surface area (Å²) < 4.78 is 43.0. The topological polar surface area (TPSA) is 79.3 Å². The molecule has 0 saturated carbocycles. The largest absolute Gasteiger partial charge is 0.497 e. The van der Waals surface area contributed by atoms with Gasteiger partial charge in [0.2, 0.25) is 0 Å². The van der Waals surface area contributed by atoms with Crippen molar-refractivity contribution in [2.24, 2.45) is 0 Å². The number of nitrogens with zero attached hydrogens (tertiary/aromatic N) is 2. The Kier molecular flexibility index (Phi) is 8.08. The van der Waals surface area contributed by atoms with Gasteiger partial charge in [-0.15, -0.1) is 0 Å². The molecule has 3 rings (SSSR count). The Morgan fingerprint density at radius 1 is 1.20 bits per heavy atom. The summed E-state index contributed by atoms with van der Waals surface area (Å²) in [6.45, 7) is 1.96. The van der Waals surface area contributed by atoms with Crippen LogP contribution in [0.5, 0.6) is 5.75 Å². The number of carboxylic acid groups (broad SMARTS) is 1. The first-order chi connectivity index (χ1) is 14.0. The monoisotopic (exact) mass is 432 g/mol. The van der Waals surface area contributed by atoms with Crippen molar-refractivity contribution in [1.29, 1.82) is 0 Å². The molecule has 0 unspecified atom stereocenters. The second-order valence-electron chi connectivity index (χ2n) is 7.45. The van der Waals surface area contributed by atoms with Gasteiger partial charge >= 0.3 is 12.1 Å². The van der Waals surface area contributed by atoms with E-state index in [4.69, 9.17) is 19.4 Å². The first kappa shape index (κ1) is 23.9. The van der Waals surface area contributed by atoms with Crippen LogP contribution in [0.1, 0.15) is 24.8 Å². The van der Waals surface area contributed by atoms with Crippen molar-refractivity contribution in [1.82, 2.24) is 9.80 Å². The average Bonchev–Trinajstić information content (AvgIpc) is 3.09. The Balaban J connectivity index is 0.000000396. The molecule has 30 heavy (non-hydrogen) atoms. The van der Waals surface area contributed by atoms with E-state index in [9.17, 15) is 18.0 Å². The fraction of sp³-hybridized carbons (Fsp3) is 0.600. The number of hydrogen-bond acceptors (Lipinski definition) is 5. The predicted octanol–water partition coefficient (Wildman–Crippen LogP) is 2.54. The van der Waals surface area contributed by atoms with Crippen molar-refractivity contribution < 1.29 is 37.3 Å². The lowest BCUT2D eigenvalue weighted by molar-refractivity contribution is -0.192. The minimum atomic E-state index is -5.08. The van der Waals surface area contributed by atoms with Gasteiger partial charge in [-0.3, -0.25) is 9.69 Å². The van der Waals surface area contributed by atoms with Gasteiger partial charge in [0.15, 0.2) is 0 Å². The smallest absolute Gasteiger partial charge is 0.490 e. The van der Waals surface area contributed by atoms with Gasteiger partial charge in [0.25, 0.3) is 5.91 Å². The van der Waals surface area contributed by atoms with Crippen molar-refractivity contribution >= 4 is 11.9 Å². The maximum absolute atomic E-state index is 12.1. The molecule has 2 aliphatic rings. The second kappa shape index (κ2) is 10.1. The highest BCUT2D eigenvalue weighted by Crippen LogP contribution is 2.33. The Bertz CT molecular complexity index is 724. The van der Waals surface area contributed by atoms with E-state index in [1.54, 1.807) is 26.1 Å². The van der Waals surface area contributed by atoms with Gasteiger partial charge in [-0.1, -0.05) is 12.1 Å². The Labute approximate surface area is 173 Å². The number of carboxylic acids is 1. The first-order valence-electron chi connectivity index (χ1n) is 9.56. The van der Waals surface area contributed by atoms with Gasteiger partial charge in [0.05, 0.1) is 13.2 Å². The number of carbonyl (C=O) groups excluding carboxylic acids is 1. The number of likely N-dealkylation sites (tertiary alicyclic amines) is 1. The van der Waals surface area contributed by atoms with Crippen LogP contribution in [0, 0.1) is 0 Å². The van der Waals surface area contributed by atoms with Crippen molar-refractivity contribution in [2.75, 3.05) is 27.7 Å². The summed E-state index contributed by atoms with van der Waals surface area (Å²) in [5, 5.41) is 7.12. The highest BCUT2D eigenvalue weighted by atomic mass is 19.4. The number of aliphatic carboxylic acids is 1. The molecule has 0 bridgehead atoms. The Morgan fingerprint density at radius 3 is 2.30 bits per heavy atom. The number of amides is 1. The maximum Gasteiger partial charge on any atom is 0.490 e. The predicted molar refractivity (Wildman–Crippen MR) is 102 cm³/mol. The first-order valence-corrected chi connectivity index (χ1v) is 9.56. The third kappa shape index (κ3) is 6.33. The molecule has 1 aromatic carbocycles. The third-order valence-electron chi connectivity index (χ3n) is 5.17. The number of hydrogen-bond donors (Lipinski definition) is 1. The van der Waals surface area contributed by atoms with E-state index in [0.29, 0.717) is 6.04 Å². The number of likely N-dealkylation sites (N-methyl/N-ethyl adjacent to an activating group) is 1.